The first kappa shape index (κ1) is 17.4. The van der Waals surface area contributed by atoms with Crippen molar-refractivity contribution in [3.63, 3.8) is 0 Å². The molecule has 25 heavy (non-hydrogen) atoms. The van der Waals surface area contributed by atoms with Crippen molar-refractivity contribution in [2.24, 2.45) is 0 Å². The van der Waals surface area contributed by atoms with Gasteiger partial charge in [-0.1, -0.05) is 29.8 Å². The number of piperidine rings is 1. The molecule has 0 bridgehead atoms. The van der Waals surface area contributed by atoms with Gasteiger partial charge in [-0.2, -0.15) is 5.26 Å². The normalized spacial score (nSPS) is 15.8. The number of aryl methyl sites for hydroxylation is 3. The number of aromatic nitrogens is 1. The highest BCUT2D eigenvalue weighted by molar-refractivity contribution is 5.60. The molecule has 1 aromatic heterocycles. The quantitative estimate of drug-likeness (QED) is 0.919. The van der Waals surface area contributed by atoms with E-state index in [1.54, 1.807) is 0 Å². The van der Waals surface area contributed by atoms with E-state index in [9.17, 15) is 5.26 Å². The van der Waals surface area contributed by atoms with Gasteiger partial charge in [0, 0.05) is 31.4 Å². The van der Waals surface area contributed by atoms with Gasteiger partial charge in [0.2, 0.25) is 0 Å². The summed E-state index contributed by atoms with van der Waals surface area (Å²) in [4.78, 5) is 6.91. The van der Waals surface area contributed by atoms with E-state index in [0.717, 1.165) is 49.6 Å². The van der Waals surface area contributed by atoms with Crippen molar-refractivity contribution in [1.82, 2.24) is 9.88 Å². The number of benzene rings is 1. The summed E-state index contributed by atoms with van der Waals surface area (Å²) in [5, 5.41) is 13.0. The van der Waals surface area contributed by atoms with Crippen molar-refractivity contribution in [3.05, 3.63) is 58.4 Å². The zero-order valence-corrected chi connectivity index (χ0v) is 15.3. The Bertz CT molecular complexity index is 783. The number of pyridine rings is 1. The van der Waals surface area contributed by atoms with Crippen molar-refractivity contribution < 1.29 is 0 Å². The summed E-state index contributed by atoms with van der Waals surface area (Å²) < 4.78 is 0. The van der Waals surface area contributed by atoms with E-state index in [-0.39, 0.29) is 0 Å². The Hall–Kier alpha value is -2.38. The molecular formula is C21H26N4. The minimum absolute atomic E-state index is 0.419. The smallest absolute Gasteiger partial charge is 0.103 e. The van der Waals surface area contributed by atoms with Gasteiger partial charge in [-0.15, -0.1) is 0 Å². The molecule has 4 heteroatoms. The fourth-order valence-corrected chi connectivity index (χ4v) is 3.61. The summed E-state index contributed by atoms with van der Waals surface area (Å²) in [6.07, 6.45) is 2.19. The number of hydrogen-bond donors (Lipinski definition) is 1. The van der Waals surface area contributed by atoms with E-state index >= 15 is 0 Å². The van der Waals surface area contributed by atoms with Crippen LogP contribution in [0.3, 0.4) is 0 Å². The molecular weight excluding hydrogens is 308 g/mol. The van der Waals surface area contributed by atoms with Gasteiger partial charge in [-0.05, 0) is 45.2 Å². The van der Waals surface area contributed by atoms with Gasteiger partial charge < -0.3 is 5.32 Å². The molecule has 0 atom stereocenters. The van der Waals surface area contributed by atoms with E-state index in [0.29, 0.717) is 11.6 Å². The SMILES string of the molecule is Cc1cccc(CN2CCC(Nc3cc(C)nc(C)c3C#N)CC2)c1. The molecule has 1 N–H and O–H groups in total. The molecule has 1 aliphatic rings. The highest BCUT2D eigenvalue weighted by atomic mass is 15.1. The van der Waals surface area contributed by atoms with Gasteiger partial charge in [-0.3, -0.25) is 9.88 Å². The minimum Gasteiger partial charge on any atom is -0.381 e. The average Bonchev–Trinajstić information content (AvgIpc) is 2.56. The molecule has 1 saturated heterocycles. The molecule has 0 aliphatic carbocycles. The highest BCUT2D eigenvalue weighted by Crippen LogP contribution is 2.23. The number of anilines is 1. The van der Waals surface area contributed by atoms with Crippen LogP contribution in [0, 0.1) is 32.1 Å². The summed E-state index contributed by atoms with van der Waals surface area (Å²) in [7, 11) is 0. The van der Waals surface area contributed by atoms with E-state index < -0.39 is 0 Å². The van der Waals surface area contributed by atoms with Gasteiger partial charge in [0.15, 0.2) is 0 Å². The minimum atomic E-state index is 0.419. The Morgan fingerprint density at radius 3 is 2.64 bits per heavy atom. The molecule has 1 aliphatic heterocycles. The Labute approximate surface area is 150 Å². The molecule has 4 nitrogen and oxygen atoms in total. The van der Waals surface area contributed by atoms with Crippen LogP contribution in [0.4, 0.5) is 5.69 Å². The topological polar surface area (TPSA) is 52.0 Å². The third kappa shape index (κ3) is 4.37. The van der Waals surface area contributed by atoms with Crippen LogP contribution in [-0.2, 0) is 6.54 Å². The number of rotatable bonds is 4. The third-order valence-corrected chi connectivity index (χ3v) is 4.88. The van der Waals surface area contributed by atoms with Crippen molar-refractivity contribution in [2.45, 2.75) is 46.2 Å². The lowest BCUT2D eigenvalue weighted by molar-refractivity contribution is 0.211. The van der Waals surface area contributed by atoms with Crippen LogP contribution in [0.2, 0.25) is 0 Å². The van der Waals surface area contributed by atoms with E-state index in [2.05, 4.69) is 52.5 Å². The third-order valence-electron chi connectivity index (χ3n) is 4.88. The number of nitriles is 1. The van der Waals surface area contributed by atoms with Crippen molar-refractivity contribution in [1.29, 1.82) is 5.26 Å². The van der Waals surface area contributed by atoms with Crippen LogP contribution >= 0.6 is 0 Å². The Morgan fingerprint density at radius 1 is 1.20 bits per heavy atom. The van der Waals surface area contributed by atoms with E-state index in [1.165, 1.54) is 11.1 Å². The first-order valence-corrected chi connectivity index (χ1v) is 8.98. The van der Waals surface area contributed by atoms with Gasteiger partial charge in [0.25, 0.3) is 0 Å². The summed E-state index contributed by atoms with van der Waals surface area (Å²) in [6, 6.07) is 13.5. The fourth-order valence-electron chi connectivity index (χ4n) is 3.61. The van der Waals surface area contributed by atoms with Crippen LogP contribution in [-0.4, -0.2) is 29.0 Å². The van der Waals surface area contributed by atoms with E-state index in [4.69, 9.17) is 0 Å². The van der Waals surface area contributed by atoms with Gasteiger partial charge in [0.1, 0.15) is 6.07 Å². The maximum Gasteiger partial charge on any atom is 0.103 e. The van der Waals surface area contributed by atoms with Crippen molar-refractivity contribution >= 4 is 5.69 Å². The summed E-state index contributed by atoms with van der Waals surface area (Å²) in [6.45, 7) is 9.20. The lowest BCUT2D eigenvalue weighted by atomic mass is 10.0. The van der Waals surface area contributed by atoms with Crippen molar-refractivity contribution in [2.75, 3.05) is 18.4 Å². The Kier molecular flexibility index (Phi) is 5.35. The zero-order valence-electron chi connectivity index (χ0n) is 15.3. The van der Waals surface area contributed by atoms with Crippen LogP contribution in [0.25, 0.3) is 0 Å². The first-order valence-electron chi connectivity index (χ1n) is 8.98. The van der Waals surface area contributed by atoms with Gasteiger partial charge in [-0.25, -0.2) is 0 Å². The molecule has 2 heterocycles. The predicted molar refractivity (Wildman–Crippen MR) is 102 cm³/mol. The second-order valence-electron chi connectivity index (χ2n) is 7.07. The number of likely N-dealkylation sites (tertiary alicyclic amines) is 1. The largest absolute Gasteiger partial charge is 0.381 e. The number of hydrogen-bond acceptors (Lipinski definition) is 4. The Balaban J connectivity index is 1.59. The van der Waals surface area contributed by atoms with E-state index in [1.807, 2.05) is 19.9 Å². The predicted octanol–water partition coefficient (Wildman–Crippen LogP) is 3.96. The molecule has 0 amide bonds. The number of nitrogens with one attached hydrogen (secondary N) is 1. The number of nitrogens with zero attached hydrogens (tertiary/aromatic N) is 3. The standard InChI is InChI=1S/C21H26N4/c1-15-5-4-6-18(11-15)14-25-9-7-19(8-10-25)24-21-12-16(2)23-17(3)20(21)13-22/h4-6,11-12,19H,7-10,14H2,1-3H3,(H,23,24). The molecule has 0 unspecified atom stereocenters. The van der Waals surface area contributed by atoms with Gasteiger partial charge >= 0.3 is 0 Å². The molecule has 1 aromatic carbocycles. The summed E-state index contributed by atoms with van der Waals surface area (Å²) >= 11 is 0. The lowest BCUT2D eigenvalue weighted by Crippen LogP contribution is -2.38. The molecule has 0 radical (unpaired) electrons. The molecule has 2 aromatic rings. The average molecular weight is 334 g/mol. The fraction of sp³-hybridized carbons (Fsp3) is 0.429. The maximum atomic E-state index is 9.41. The lowest BCUT2D eigenvalue weighted by Gasteiger charge is -2.33. The first-order chi connectivity index (χ1) is 12.0. The van der Waals surface area contributed by atoms with Crippen molar-refractivity contribution in [3.8, 4) is 6.07 Å². The molecule has 3 rings (SSSR count). The molecule has 1 fully saturated rings. The molecule has 0 saturated carbocycles. The summed E-state index contributed by atoms with van der Waals surface area (Å²) in [5.41, 5.74) is 6.08. The maximum absolute atomic E-state index is 9.41. The summed E-state index contributed by atoms with van der Waals surface area (Å²) in [5.74, 6) is 0. The van der Waals surface area contributed by atoms with Crippen LogP contribution in [0.15, 0.2) is 30.3 Å². The Morgan fingerprint density at radius 2 is 1.96 bits per heavy atom. The van der Waals surface area contributed by atoms with Crippen LogP contribution in [0.1, 0.15) is 40.9 Å². The van der Waals surface area contributed by atoms with Gasteiger partial charge in [0.05, 0.1) is 16.9 Å². The van der Waals surface area contributed by atoms with Crippen LogP contribution in [0.5, 0.6) is 0 Å². The zero-order chi connectivity index (χ0) is 17.8. The molecule has 0 spiro atoms. The van der Waals surface area contributed by atoms with Crippen LogP contribution < -0.4 is 5.32 Å². The molecule has 130 valence electrons. The monoisotopic (exact) mass is 334 g/mol. The highest BCUT2D eigenvalue weighted by Gasteiger charge is 2.20. The second-order valence-corrected chi connectivity index (χ2v) is 7.07. The second kappa shape index (κ2) is 7.67.